The van der Waals surface area contributed by atoms with Crippen LogP contribution < -0.4 is 16.2 Å². The molecular weight excluding hydrogens is 244 g/mol. The van der Waals surface area contributed by atoms with Gasteiger partial charge in [0, 0.05) is 37.6 Å². The van der Waals surface area contributed by atoms with Gasteiger partial charge < -0.3 is 19.9 Å². The standard InChI is InChI=1S/C13H22N4O2/c1-9(2)17-5-4-15-12(13(17)18)16-6-7-19-11(8-16)10(3)14/h4-5,9-11H,6-8,14H2,1-3H3. The number of nitrogens with zero attached hydrogens (tertiary/aromatic N) is 3. The van der Waals surface area contributed by atoms with Crippen LogP contribution in [0, 0.1) is 0 Å². The van der Waals surface area contributed by atoms with E-state index in [1.807, 2.05) is 25.7 Å². The second kappa shape index (κ2) is 5.71. The molecule has 1 fully saturated rings. The zero-order valence-electron chi connectivity index (χ0n) is 11.7. The van der Waals surface area contributed by atoms with Crippen molar-refractivity contribution in [3.63, 3.8) is 0 Å². The van der Waals surface area contributed by atoms with Crippen molar-refractivity contribution in [3.8, 4) is 0 Å². The molecule has 1 aromatic rings. The van der Waals surface area contributed by atoms with E-state index in [1.165, 1.54) is 0 Å². The molecule has 0 radical (unpaired) electrons. The van der Waals surface area contributed by atoms with Gasteiger partial charge >= 0.3 is 0 Å². The lowest BCUT2D eigenvalue weighted by atomic mass is 10.1. The number of anilines is 1. The first-order chi connectivity index (χ1) is 9.00. The Hall–Kier alpha value is -1.40. The first-order valence-electron chi connectivity index (χ1n) is 6.70. The number of aromatic nitrogens is 2. The molecule has 106 valence electrons. The molecular formula is C13H22N4O2. The lowest BCUT2D eigenvalue weighted by Gasteiger charge is -2.35. The summed E-state index contributed by atoms with van der Waals surface area (Å²) in [6.45, 7) is 7.74. The fraction of sp³-hybridized carbons (Fsp3) is 0.692. The van der Waals surface area contributed by atoms with Crippen LogP contribution in [0.4, 0.5) is 5.82 Å². The van der Waals surface area contributed by atoms with E-state index >= 15 is 0 Å². The maximum absolute atomic E-state index is 12.4. The molecule has 2 heterocycles. The van der Waals surface area contributed by atoms with E-state index in [2.05, 4.69) is 4.98 Å². The smallest absolute Gasteiger partial charge is 0.293 e. The minimum Gasteiger partial charge on any atom is -0.373 e. The molecule has 2 atom stereocenters. The van der Waals surface area contributed by atoms with Gasteiger partial charge in [0.15, 0.2) is 5.82 Å². The molecule has 2 unspecified atom stereocenters. The molecule has 1 aliphatic heterocycles. The minimum absolute atomic E-state index is 0.0529. The second-order valence-corrected chi connectivity index (χ2v) is 5.27. The Bertz CT molecular complexity index is 484. The van der Waals surface area contributed by atoms with Gasteiger partial charge in [0.2, 0.25) is 0 Å². The Morgan fingerprint density at radius 1 is 1.47 bits per heavy atom. The highest BCUT2D eigenvalue weighted by atomic mass is 16.5. The van der Waals surface area contributed by atoms with Gasteiger partial charge in [0.25, 0.3) is 5.56 Å². The third kappa shape index (κ3) is 2.96. The lowest BCUT2D eigenvalue weighted by Crippen LogP contribution is -2.51. The normalized spacial score (nSPS) is 21.7. The van der Waals surface area contributed by atoms with Gasteiger partial charge in [-0.1, -0.05) is 0 Å². The highest BCUT2D eigenvalue weighted by Gasteiger charge is 2.26. The van der Waals surface area contributed by atoms with E-state index in [0.29, 0.717) is 25.5 Å². The van der Waals surface area contributed by atoms with Crippen LogP contribution in [-0.4, -0.2) is 41.4 Å². The maximum atomic E-state index is 12.4. The molecule has 0 spiro atoms. The van der Waals surface area contributed by atoms with Crippen molar-refractivity contribution in [1.82, 2.24) is 9.55 Å². The van der Waals surface area contributed by atoms with Crippen LogP contribution in [0.1, 0.15) is 26.8 Å². The zero-order chi connectivity index (χ0) is 14.0. The largest absolute Gasteiger partial charge is 0.373 e. The minimum atomic E-state index is -0.0566. The molecule has 0 saturated carbocycles. The number of morpholine rings is 1. The molecule has 0 bridgehead atoms. The Morgan fingerprint density at radius 3 is 2.84 bits per heavy atom. The van der Waals surface area contributed by atoms with Gasteiger partial charge in [-0.25, -0.2) is 4.98 Å². The highest BCUT2D eigenvalue weighted by molar-refractivity contribution is 5.36. The summed E-state index contributed by atoms with van der Waals surface area (Å²) in [5, 5.41) is 0. The summed E-state index contributed by atoms with van der Waals surface area (Å²) < 4.78 is 7.30. The summed E-state index contributed by atoms with van der Waals surface area (Å²) >= 11 is 0. The Balaban J connectivity index is 2.27. The number of ether oxygens (including phenoxy) is 1. The van der Waals surface area contributed by atoms with Crippen LogP contribution in [0.3, 0.4) is 0 Å². The predicted molar refractivity (Wildman–Crippen MR) is 74.5 cm³/mol. The van der Waals surface area contributed by atoms with Gasteiger partial charge in [-0.3, -0.25) is 4.79 Å². The molecule has 19 heavy (non-hydrogen) atoms. The lowest BCUT2D eigenvalue weighted by molar-refractivity contribution is 0.0272. The Morgan fingerprint density at radius 2 is 2.21 bits per heavy atom. The zero-order valence-corrected chi connectivity index (χ0v) is 11.7. The maximum Gasteiger partial charge on any atom is 0.293 e. The van der Waals surface area contributed by atoms with E-state index in [1.54, 1.807) is 17.0 Å². The SMILES string of the molecule is CC(N)C1CN(c2nccn(C(C)C)c2=O)CCO1. The molecule has 1 aliphatic rings. The Kier molecular flexibility index (Phi) is 4.21. The number of hydrogen-bond donors (Lipinski definition) is 1. The van der Waals surface area contributed by atoms with Crippen molar-refractivity contribution in [2.45, 2.75) is 39.0 Å². The van der Waals surface area contributed by atoms with Crippen molar-refractivity contribution >= 4 is 5.82 Å². The van der Waals surface area contributed by atoms with Gasteiger partial charge in [0.05, 0.1) is 12.7 Å². The third-order valence-electron chi connectivity index (χ3n) is 3.39. The van der Waals surface area contributed by atoms with E-state index in [-0.39, 0.29) is 23.7 Å². The Labute approximate surface area is 113 Å². The molecule has 1 aromatic heterocycles. The quantitative estimate of drug-likeness (QED) is 0.856. The molecule has 2 rings (SSSR count). The number of nitrogens with two attached hydrogens (primary N) is 1. The van der Waals surface area contributed by atoms with Crippen LogP contribution in [0.25, 0.3) is 0 Å². The summed E-state index contributed by atoms with van der Waals surface area (Å²) in [5.74, 6) is 0.491. The summed E-state index contributed by atoms with van der Waals surface area (Å²) in [6, 6.07) is 0.0679. The predicted octanol–water partition coefficient (Wildman–Crippen LogP) is 0.377. The van der Waals surface area contributed by atoms with Gasteiger partial charge in [0.1, 0.15) is 0 Å². The van der Waals surface area contributed by atoms with Crippen LogP contribution in [0.5, 0.6) is 0 Å². The van der Waals surface area contributed by atoms with Crippen LogP contribution in [-0.2, 0) is 4.74 Å². The summed E-state index contributed by atoms with van der Waals surface area (Å²) in [5.41, 5.74) is 5.82. The van der Waals surface area contributed by atoms with E-state index < -0.39 is 0 Å². The monoisotopic (exact) mass is 266 g/mol. The average Bonchev–Trinajstić information content (AvgIpc) is 2.38. The van der Waals surface area contributed by atoms with Crippen molar-refractivity contribution in [1.29, 1.82) is 0 Å². The first kappa shape index (κ1) is 14.0. The van der Waals surface area contributed by atoms with Crippen molar-refractivity contribution in [2.24, 2.45) is 5.73 Å². The van der Waals surface area contributed by atoms with Crippen molar-refractivity contribution in [3.05, 3.63) is 22.7 Å². The topological polar surface area (TPSA) is 73.4 Å². The van der Waals surface area contributed by atoms with Crippen LogP contribution in [0.15, 0.2) is 17.2 Å². The molecule has 6 heteroatoms. The molecule has 0 amide bonds. The molecule has 2 N–H and O–H groups in total. The van der Waals surface area contributed by atoms with Gasteiger partial charge in [-0.2, -0.15) is 0 Å². The van der Waals surface area contributed by atoms with Crippen molar-refractivity contribution < 1.29 is 4.74 Å². The number of rotatable bonds is 3. The first-order valence-corrected chi connectivity index (χ1v) is 6.70. The summed E-state index contributed by atoms with van der Waals surface area (Å²) in [6.07, 6.45) is 3.34. The fourth-order valence-corrected chi connectivity index (χ4v) is 2.22. The van der Waals surface area contributed by atoms with E-state index in [4.69, 9.17) is 10.5 Å². The second-order valence-electron chi connectivity index (χ2n) is 5.27. The molecule has 0 aliphatic carbocycles. The molecule has 0 aromatic carbocycles. The van der Waals surface area contributed by atoms with Crippen LogP contribution in [0.2, 0.25) is 0 Å². The summed E-state index contributed by atoms with van der Waals surface area (Å²) in [4.78, 5) is 18.6. The van der Waals surface area contributed by atoms with Crippen molar-refractivity contribution in [2.75, 3.05) is 24.6 Å². The van der Waals surface area contributed by atoms with Gasteiger partial charge in [-0.15, -0.1) is 0 Å². The number of hydrogen-bond acceptors (Lipinski definition) is 5. The summed E-state index contributed by atoms with van der Waals surface area (Å²) in [7, 11) is 0. The van der Waals surface area contributed by atoms with E-state index in [9.17, 15) is 4.79 Å². The molecule has 6 nitrogen and oxygen atoms in total. The average molecular weight is 266 g/mol. The third-order valence-corrected chi connectivity index (χ3v) is 3.39. The fourth-order valence-electron chi connectivity index (χ4n) is 2.22. The highest BCUT2D eigenvalue weighted by Crippen LogP contribution is 2.13. The van der Waals surface area contributed by atoms with Gasteiger partial charge in [-0.05, 0) is 20.8 Å². The molecule has 1 saturated heterocycles. The van der Waals surface area contributed by atoms with Crippen LogP contribution >= 0.6 is 0 Å². The van der Waals surface area contributed by atoms with E-state index in [0.717, 1.165) is 0 Å².